The van der Waals surface area contributed by atoms with Crippen molar-refractivity contribution in [3.8, 4) is 0 Å². The van der Waals surface area contributed by atoms with Crippen LogP contribution in [0.25, 0.3) is 0 Å². The molecule has 2 heterocycles. The third-order valence-corrected chi connectivity index (χ3v) is 6.29. The lowest BCUT2D eigenvalue weighted by molar-refractivity contribution is -0.115. The van der Waals surface area contributed by atoms with Gasteiger partial charge in [0.2, 0.25) is 0 Å². The first kappa shape index (κ1) is 20.0. The molecule has 31 heavy (non-hydrogen) atoms. The molecule has 0 bridgehead atoms. The fourth-order valence-electron chi connectivity index (χ4n) is 4.14. The molecule has 6 heteroatoms. The summed E-state index contributed by atoms with van der Waals surface area (Å²) in [6.45, 7) is 1.20. The third-order valence-electron chi connectivity index (χ3n) is 5.51. The second-order valence-corrected chi connectivity index (χ2v) is 8.77. The molecule has 1 amide bonds. The molecule has 1 atom stereocenters. The lowest BCUT2D eigenvalue weighted by Crippen LogP contribution is -2.33. The molecule has 3 aromatic rings. The van der Waals surface area contributed by atoms with Crippen LogP contribution < -0.4 is 10.2 Å². The minimum Gasteiger partial charge on any atom is -0.378 e. The van der Waals surface area contributed by atoms with Crippen LogP contribution in [0.15, 0.2) is 99.6 Å². The Balaban J connectivity index is 1.72. The molecule has 5 rings (SSSR count). The highest BCUT2D eigenvalue weighted by molar-refractivity contribution is 9.10. The first-order chi connectivity index (χ1) is 15.1. The van der Waals surface area contributed by atoms with E-state index in [1.807, 2.05) is 71.6 Å². The normalized spacial score (nSPS) is 18.4. The number of amides is 1. The summed E-state index contributed by atoms with van der Waals surface area (Å²) < 4.78 is 0.992. The van der Waals surface area contributed by atoms with Crippen molar-refractivity contribution in [2.45, 2.75) is 6.04 Å². The van der Waals surface area contributed by atoms with Crippen LogP contribution in [0.1, 0.15) is 17.2 Å². The van der Waals surface area contributed by atoms with Crippen LogP contribution in [0.3, 0.4) is 0 Å². The molecule has 0 aliphatic carbocycles. The lowest BCUT2D eigenvalue weighted by atomic mass is 9.91. The van der Waals surface area contributed by atoms with Gasteiger partial charge in [0.15, 0.2) is 0 Å². The molecule has 0 radical (unpaired) electrons. The molecule has 2 aliphatic rings. The largest absolute Gasteiger partial charge is 0.378 e. The van der Waals surface area contributed by atoms with Gasteiger partial charge in [-0.15, -0.1) is 0 Å². The van der Waals surface area contributed by atoms with Gasteiger partial charge in [-0.2, -0.15) is 0 Å². The van der Waals surface area contributed by atoms with Gasteiger partial charge in [0, 0.05) is 32.9 Å². The van der Waals surface area contributed by atoms with Crippen molar-refractivity contribution in [1.82, 2.24) is 5.32 Å². The lowest BCUT2D eigenvalue weighted by Gasteiger charge is -2.28. The highest BCUT2D eigenvalue weighted by Gasteiger charge is 2.43. The van der Waals surface area contributed by atoms with Gasteiger partial charge >= 0.3 is 0 Å². The number of para-hydroxylation sites is 1. The van der Waals surface area contributed by atoms with E-state index in [-0.39, 0.29) is 11.9 Å². The van der Waals surface area contributed by atoms with Crippen LogP contribution in [-0.2, 0) is 4.79 Å². The summed E-state index contributed by atoms with van der Waals surface area (Å²) in [7, 11) is 0. The van der Waals surface area contributed by atoms with Gasteiger partial charge in [-0.3, -0.25) is 14.7 Å². The van der Waals surface area contributed by atoms with Gasteiger partial charge in [0.25, 0.3) is 5.91 Å². The summed E-state index contributed by atoms with van der Waals surface area (Å²) in [6, 6.07) is 25.3. The van der Waals surface area contributed by atoms with Crippen molar-refractivity contribution in [3.63, 3.8) is 0 Å². The number of nitrogens with zero attached hydrogens (tertiary/aromatic N) is 2. The molecular formula is C25H19BrClN3O. The van der Waals surface area contributed by atoms with E-state index in [1.165, 1.54) is 0 Å². The Bertz CT molecular complexity index is 1190. The fourth-order valence-corrected chi connectivity index (χ4v) is 4.53. The van der Waals surface area contributed by atoms with E-state index in [0.717, 1.165) is 32.6 Å². The van der Waals surface area contributed by atoms with Crippen molar-refractivity contribution >= 4 is 44.8 Å². The van der Waals surface area contributed by atoms with Crippen LogP contribution in [0.4, 0.5) is 5.69 Å². The molecule has 3 aromatic carbocycles. The molecule has 1 N–H and O–H groups in total. The van der Waals surface area contributed by atoms with Crippen molar-refractivity contribution < 1.29 is 4.79 Å². The Morgan fingerprint density at radius 3 is 2.39 bits per heavy atom. The SMILES string of the molecule is O=C1C2=C(C(c3ccc(Cl)cc3)=NCCN2)C(c2ccc(Br)cc2)N1c1ccccc1. The molecular weight excluding hydrogens is 474 g/mol. The third kappa shape index (κ3) is 3.68. The van der Waals surface area contributed by atoms with E-state index >= 15 is 0 Å². The number of anilines is 1. The Hall–Kier alpha value is -2.89. The summed E-state index contributed by atoms with van der Waals surface area (Å²) in [4.78, 5) is 20.4. The second kappa shape index (κ2) is 8.33. The molecule has 0 saturated heterocycles. The van der Waals surface area contributed by atoms with E-state index < -0.39 is 0 Å². The number of hydrogen-bond acceptors (Lipinski definition) is 3. The fraction of sp³-hybridized carbons (Fsp3) is 0.120. The summed E-state index contributed by atoms with van der Waals surface area (Å²) in [5.41, 5.74) is 5.17. The minimum atomic E-state index is -0.293. The minimum absolute atomic E-state index is 0.0438. The van der Waals surface area contributed by atoms with Gasteiger partial charge in [0.1, 0.15) is 5.70 Å². The Morgan fingerprint density at radius 2 is 1.68 bits per heavy atom. The van der Waals surface area contributed by atoms with E-state index in [0.29, 0.717) is 23.8 Å². The van der Waals surface area contributed by atoms with E-state index in [1.54, 1.807) is 0 Å². The van der Waals surface area contributed by atoms with Gasteiger partial charge < -0.3 is 5.32 Å². The number of aliphatic imine (C=N–C) groups is 1. The number of carbonyl (C=O) groups excluding carboxylic acids is 1. The molecule has 0 aromatic heterocycles. The van der Waals surface area contributed by atoms with Crippen LogP contribution in [0, 0.1) is 0 Å². The summed E-state index contributed by atoms with van der Waals surface area (Å²) in [5, 5.41) is 4.02. The van der Waals surface area contributed by atoms with E-state index in [9.17, 15) is 4.79 Å². The standard InChI is InChI=1S/C25H19BrClN3O/c26-18-10-6-17(7-11-18)24-21-22(16-8-12-19(27)13-9-16)28-14-15-29-23(21)25(31)30(24)20-4-2-1-3-5-20/h1-13,24,29H,14-15H2. The average molecular weight is 493 g/mol. The predicted molar refractivity (Wildman–Crippen MR) is 129 cm³/mol. The highest BCUT2D eigenvalue weighted by Crippen LogP contribution is 2.42. The van der Waals surface area contributed by atoms with Gasteiger partial charge in [-0.1, -0.05) is 70.0 Å². The quantitative estimate of drug-likeness (QED) is 0.522. The van der Waals surface area contributed by atoms with Gasteiger partial charge in [-0.25, -0.2) is 0 Å². The van der Waals surface area contributed by atoms with Crippen LogP contribution in [-0.4, -0.2) is 24.7 Å². The topological polar surface area (TPSA) is 44.7 Å². The summed E-state index contributed by atoms with van der Waals surface area (Å²) in [6.07, 6.45) is 0. The molecule has 4 nitrogen and oxygen atoms in total. The summed E-state index contributed by atoms with van der Waals surface area (Å²) >= 11 is 9.65. The van der Waals surface area contributed by atoms with Crippen molar-refractivity contribution in [3.05, 3.63) is 111 Å². The number of nitrogens with one attached hydrogen (secondary N) is 1. The Labute approximate surface area is 194 Å². The highest BCUT2D eigenvalue weighted by atomic mass is 79.9. The maximum atomic E-state index is 13.7. The van der Waals surface area contributed by atoms with Crippen LogP contribution in [0.5, 0.6) is 0 Å². The number of rotatable bonds is 3. The monoisotopic (exact) mass is 491 g/mol. The van der Waals surface area contributed by atoms with Crippen molar-refractivity contribution in [2.75, 3.05) is 18.0 Å². The maximum Gasteiger partial charge on any atom is 0.275 e. The average Bonchev–Trinajstić information content (AvgIpc) is 2.93. The zero-order valence-corrected chi connectivity index (χ0v) is 18.9. The molecule has 0 saturated carbocycles. The second-order valence-electron chi connectivity index (χ2n) is 7.42. The molecule has 0 spiro atoms. The van der Waals surface area contributed by atoms with Crippen molar-refractivity contribution in [2.24, 2.45) is 4.99 Å². The molecule has 154 valence electrons. The summed E-state index contributed by atoms with van der Waals surface area (Å²) in [5.74, 6) is -0.0438. The Kier molecular flexibility index (Phi) is 5.38. The number of halogens is 2. The van der Waals surface area contributed by atoms with Gasteiger partial charge in [0.05, 0.1) is 18.3 Å². The zero-order valence-electron chi connectivity index (χ0n) is 16.6. The van der Waals surface area contributed by atoms with Gasteiger partial charge in [-0.05, 0) is 42.0 Å². The molecule has 1 unspecified atom stereocenters. The number of benzene rings is 3. The molecule has 0 fully saturated rings. The number of carbonyl (C=O) groups is 1. The van der Waals surface area contributed by atoms with Crippen LogP contribution in [0.2, 0.25) is 5.02 Å². The Morgan fingerprint density at radius 1 is 0.968 bits per heavy atom. The zero-order chi connectivity index (χ0) is 21.4. The van der Waals surface area contributed by atoms with Crippen molar-refractivity contribution in [1.29, 1.82) is 0 Å². The number of hydrogen-bond donors (Lipinski definition) is 1. The maximum absolute atomic E-state index is 13.7. The van der Waals surface area contributed by atoms with E-state index in [2.05, 4.69) is 33.4 Å². The molecule has 2 aliphatic heterocycles. The van der Waals surface area contributed by atoms with Crippen LogP contribution >= 0.6 is 27.5 Å². The first-order valence-electron chi connectivity index (χ1n) is 10.1. The predicted octanol–water partition coefficient (Wildman–Crippen LogP) is 5.54. The smallest absolute Gasteiger partial charge is 0.275 e. The first-order valence-corrected chi connectivity index (χ1v) is 11.2. The van der Waals surface area contributed by atoms with E-state index in [4.69, 9.17) is 16.6 Å².